The number of benzene rings is 2. The quantitative estimate of drug-likeness (QED) is 0.514. The molecule has 0 aliphatic rings. The number of fused-ring (bicyclic) bond motifs is 1. The Morgan fingerprint density at radius 1 is 1.03 bits per heavy atom. The Morgan fingerprint density at radius 3 is 2.40 bits per heavy atom. The Bertz CT molecular complexity index is 999. The molecule has 3 rings (SSSR count). The monoisotopic (exact) mass is 427 g/mol. The smallest absolute Gasteiger partial charge is 0.233 e. The third-order valence-corrected chi connectivity index (χ3v) is 6.16. The highest BCUT2D eigenvalue weighted by Crippen LogP contribution is 2.36. The molecular formula is C23H29N3O3S. The van der Waals surface area contributed by atoms with Gasteiger partial charge < -0.3 is 14.4 Å². The number of methoxy groups -OCH3 is 2. The molecule has 3 aromatic rings. The van der Waals surface area contributed by atoms with E-state index in [0.717, 1.165) is 50.9 Å². The van der Waals surface area contributed by atoms with Crippen LogP contribution in [0.3, 0.4) is 0 Å². The van der Waals surface area contributed by atoms with Crippen molar-refractivity contribution >= 4 is 32.6 Å². The van der Waals surface area contributed by atoms with E-state index in [-0.39, 0.29) is 5.91 Å². The fourth-order valence-electron chi connectivity index (χ4n) is 3.26. The molecule has 1 heterocycles. The highest BCUT2D eigenvalue weighted by Gasteiger charge is 2.22. The highest BCUT2D eigenvalue weighted by molar-refractivity contribution is 7.22. The molecule has 2 aromatic carbocycles. The van der Waals surface area contributed by atoms with Crippen LogP contribution in [0, 0.1) is 6.92 Å². The van der Waals surface area contributed by atoms with Gasteiger partial charge >= 0.3 is 0 Å². The zero-order valence-electron chi connectivity index (χ0n) is 18.3. The molecule has 0 N–H and O–H groups in total. The lowest BCUT2D eigenvalue weighted by Gasteiger charge is -2.21. The number of carbonyl (C=O) groups excluding carboxylic acids is 1. The number of hydrogen-bond acceptors (Lipinski definition) is 6. The number of ether oxygens (including phenoxy) is 2. The van der Waals surface area contributed by atoms with E-state index in [1.54, 1.807) is 25.6 Å². The van der Waals surface area contributed by atoms with E-state index in [1.165, 1.54) is 0 Å². The van der Waals surface area contributed by atoms with Gasteiger partial charge in [-0.2, -0.15) is 0 Å². The van der Waals surface area contributed by atoms with Crippen LogP contribution < -0.4 is 14.4 Å². The average molecular weight is 428 g/mol. The summed E-state index contributed by atoms with van der Waals surface area (Å²) < 4.78 is 11.8. The minimum absolute atomic E-state index is 0.0367. The first kappa shape index (κ1) is 22.1. The fraction of sp³-hybridized carbons (Fsp3) is 0.391. The number of hydrogen-bond donors (Lipinski definition) is 0. The zero-order valence-corrected chi connectivity index (χ0v) is 19.1. The first-order valence-corrected chi connectivity index (χ1v) is 10.8. The van der Waals surface area contributed by atoms with Gasteiger partial charge in [0, 0.05) is 6.54 Å². The highest BCUT2D eigenvalue weighted by atomic mass is 32.1. The van der Waals surface area contributed by atoms with Gasteiger partial charge in [0.05, 0.1) is 25.3 Å². The number of anilines is 1. The second kappa shape index (κ2) is 9.91. The van der Waals surface area contributed by atoms with Crippen LogP contribution in [0.15, 0.2) is 36.4 Å². The van der Waals surface area contributed by atoms with Crippen molar-refractivity contribution in [2.45, 2.75) is 19.8 Å². The molecule has 0 aliphatic heterocycles. The molecule has 0 bridgehead atoms. The molecule has 0 unspecified atom stereocenters. The van der Waals surface area contributed by atoms with Gasteiger partial charge in [0.15, 0.2) is 5.13 Å². The molecule has 0 atom stereocenters. The van der Waals surface area contributed by atoms with E-state index in [9.17, 15) is 4.79 Å². The molecule has 0 saturated carbocycles. The van der Waals surface area contributed by atoms with Crippen molar-refractivity contribution in [1.82, 2.24) is 9.88 Å². The lowest BCUT2D eigenvalue weighted by molar-refractivity contribution is -0.118. The molecule has 0 radical (unpaired) electrons. The van der Waals surface area contributed by atoms with Crippen LogP contribution in [0.1, 0.15) is 17.5 Å². The summed E-state index contributed by atoms with van der Waals surface area (Å²) in [5.74, 6) is 1.55. The van der Waals surface area contributed by atoms with Crippen LogP contribution in [0.4, 0.5) is 5.13 Å². The van der Waals surface area contributed by atoms with Crippen molar-refractivity contribution in [1.29, 1.82) is 0 Å². The number of thiazole rings is 1. The van der Waals surface area contributed by atoms with Crippen molar-refractivity contribution in [2.24, 2.45) is 0 Å². The standard InChI is InChI=1S/C23H29N3O3S/c1-16-7-12-19(29-5)21-22(16)30-23(24-21)26(14-6-13-25(2)3)20(27)15-17-8-10-18(28-4)11-9-17/h7-12H,6,13-15H2,1-5H3. The number of aromatic nitrogens is 1. The largest absolute Gasteiger partial charge is 0.497 e. The van der Waals surface area contributed by atoms with E-state index < -0.39 is 0 Å². The van der Waals surface area contributed by atoms with Crippen LogP contribution in [0.25, 0.3) is 10.2 Å². The first-order valence-electron chi connectivity index (χ1n) is 9.95. The normalized spacial score (nSPS) is 11.1. The van der Waals surface area contributed by atoms with E-state index in [2.05, 4.69) is 11.8 Å². The van der Waals surface area contributed by atoms with Crippen LogP contribution in [-0.4, -0.2) is 57.2 Å². The lowest BCUT2D eigenvalue weighted by atomic mass is 10.1. The number of carbonyl (C=O) groups is 1. The predicted octanol–water partition coefficient (Wildman–Crippen LogP) is 4.15. The van der Waals surface area contributed by atoms with Gasteiger partial charge in [-0.3, -0.25) is 9.69 Å². The van der Waals surface area contributed by atoms with Crippen LogP contribution in [0.5, 0.6) is 11.5 Å². The van der Waals surface area contributed by atoms with Gasteiger partial charge in [0.25, 0.3) is 0 Å². The molecule has 6 nitrogen and oxygen atoms in total. The predicted molar refractivity (Wildman–Crippen MR) is 123 cm³/mol. The minimum atomic E-state index is 0.0367. The summed E-state index contributed by atoms with van der Waals surface area (Å²) in [7, 11) is 7.35. The molecule has 0 saturated heterocycles. The van der Waals surface area contributed by atoms with Gasteiger partial charge in [-0.15, -0.1) is 0 Å². The SMILES string of the molecule is COc1ccc(CC(=O)N(CCCN(C)C)c2nc3c(OC)ccc(C)c3s2)cc1. The maximum absolute atomic E-state index is 13.3. The number of aryl methyl sites for hydroxylation is 1. The summed E-state index contributed by atoms with van der Waals surface area (Å²) in [5, 5.41) is 0.717. The van der Waals surface area contributed by atoms with Gasteiger partial charge in [-0.1, -0.05) is 29.5 Å². The molecular weight excluding hydrogens is 398 g/mol. The molecule has 30 heavy (non-hydrogen) atoms. The maximum atomic E-state index is 13.3. The van der Waals surface area contributed by atoms with Crippen molar-refractivity contribution in [3.63, 3.8) is 0 Å². The molecule has 1 amide bonds. The van der Waals surface area contributed by atoms with Crippen molar-refractivity contribution in [2.75, 3.05) is 46.3 Å². The number of amides is 1. The fourth-order valence-corrected chi connectivity index (χ4v) is 4.36. The van der Waals surface area contributed by atoms with Crippen LogP contribution in [0.2, 0.25) is 0 Å². The Balaban J connectivity index is 1.90. The third-order valence-electron chi connectivity index (χ3n) is 4.95. The van der Waals surface area contributed by atoms with Crippen LogP contribution in [-0.2, 0) is 11.2 Å². The topological polar surface area (TPSA) is 54.9 Å². The number of nitrogens with zero attached hydrogens (tertiary/aromatic N) is 3. The Hall–Kier alpha value is -2.64. The van der Waals surface area contributed by atoms with Gasteiger partial charge in [0.1, 0.15) is 17.0 Å². The molecule has 0 fully saturated rings. The molecule has 0 spiro atoms. The first-order chi connectivity index (χ1) is 14.4. The Labute approximate surface area is 182 Å². The van der Waals surface area contributed by atoms with Crippen molar-refractivity contribution in [3.05, 3.63) is 47.5 Å². The Morgan fingerprint density at radius 2 is 1.77 bits per heavy atom. The molecule has 7 heteroatoms. The molecule has 0 aliphatic carbocycles. The van der Waals surface area contributed by atoms with Gasteiger partial charge in [0.2, 0.25) is 5.91 Å². The molecule has 1 aromatic heterocycles. The van der Waals surface area contributed by atoms with Gasteiger partial charge in [-0.25, -0.2) is 4.98 Å². The maximum Gasteiger partial charge on any atom is 0.233 e. The average Bonchev–Trinajstić information content (AvgIpc) is 3.17. The number of rotatable bonds is 9. The summed E-state index contributed by atoms with van der Waals surface area (Å²) in [6.45, 7) is 3.58. The summed E-state index contributed by atoms with van der Waals surface area (Å²) >= 11 is 1.55. The van der Waals surface area contributed by atoms with Gasteiger partial charge in [-0.05, 0) is 63.3 Å². The van der Waals surface area contributed by atoms with E-state index in [4.69, 9.17) is 14.5 Å². The summed E-state index contributed by atoms with van der Waals surface area (Å²) in [6, 6.07) is 11.6. The van der Waals surface area contributed by atoms with Crippen molar-refractivity contribution < 1.29 is 14.3 Å². The third kappa shape index (κ3) is 5.09. The summed E-state index contributed by atoms with van der Waals surface area (Å²) in [6.07, 6.45) is 1.19. The zero-order chi connectivity index (χ0) is 21.7. The summed E-state index contributed by atoms with van der Waals surface area (Å²) in [4.78, 5) is 22.0. The van der Waals surface area contributed by atoms with Crippen LogP contribution >= 0.6 is 11.3 Å². The van der Waals surface area contributed by atoms with E-state index in [1.807, 2.05) is 55.4 Å². The Kier molecular flexibility index (Phi) is 7.29. The van der Waals surface area contributed by atoms with E-state index in [0.29, 0.717) is 13.0 Å². The lowest BCUT2D eigenvalue weighted by Crippen LogP contribution is -2.34. The minimum Gasteiger partial charge on any atom is -0.497 e. The van der Waals surface area contributed by atoms with E-state index >= 15 is 0 Å². The second-order valence-electron chi connectivity index (χ2n) is 7.49. The second-order valence-corrected chi connectivity index (χ2v) is 8.46. The molecule has 160 valence electrons. The summed E-state index contributed by atoms with van der Waals surface area (Å²) in [5.41, 5.74) is 2.89. The van der Waals surface area contributed by atoms with Crippen molar-refractivity contribution in [3.8, 4) is 11.5 Å².